The second-order valence-electron chi connectivity index (χ2n) is 5.22. The number of anilines is 1. The summed E-state index contributed by atoms with van der Waals surface area (Å²) in [4.78, 5) is 24.9. The topological polar surface area (TPSA) is 101 Å². The molecule has 7 heteroatoms. The predicted octanol–water partition coefficient (Wildman–Crippen LogP) is 0.0874. The fourth-order valence-electron chi connectivity index (χ4n) is 2.46. The summed E-state index contributed by atoms with van der Waals surface area (Å²) < 4.78 is 13.0. The lowest BCUT2D eigenvalue weighted by molar-refractivity contribution is -0.119. The first-order valence-electron chi connectivity index (χ1n) is 6.82. The number of primary amides is 1. The van der Waals surface area contributed by atoms with Gasteiger partial charge in [-0.2, -0.15) is 0 Å². The highest BCUT2D eigenvalue weighted by atomic mass is 19.1. The van der Waals surface area contributed by atoms with Crippen molar-refractivity contribution in [1.29, 1.82) is 0 Å². The zero-order valence-corrected chi connectivity index (χ0v) is 11.6. The maximum atomic E-state index is 13.0. The molecule has 0 bridgehead atoms. The first-order chi connectivity index (χ1) is 9.95. The average Bonchev–Trinajstić information content (AvgIpc) is 2.40. The van der Waals surface area contributed by atoms with Gasteiger partial charge < -0.3 is 16.8 Å². The molecule has 114 valence electrons. The van der Waals surface area contributed by atoms with E-state index in [0.29, 0.717) is 13.1 Å². The van der Waals surface area contributed by atoms with E-state index in [1.54, 1.807) is 0 Å². The van der Waals surface area contributed by atoms with Crippen LogP contribution in [0.15, 0.2) is 18.2 Å². The Morgan fingerprint density at radius 1 is 1.33 bits per heavy atom. The van der Waals surface area contributed by atoms with Crippen LogP contribution in [0.2, 0.25) is 0 Å². The van der Waals surface area contributed by atoms with E-state index < -0.39 is 5.82 Å². The lowest BCUT2D eigenvalue weighted by atomic mass is 10.0. The van der Waals surface area contributed by atoms with Gasteiger partial charge in [0.2, 0.25) is 5.91 Å². The number of piperidine rings is 1. The number of likely N-dealkylation sites (tertiary alicyclic amines) is 1. The number of carbonyl (C=O) groups is 2. The van der Waals surface area contributed by atoms with E-state index in [-0.39, 0.29) is 35.7 Å². The van der Waals surface area contributed by atoms with Crippen LogP contribution in [0.25, 0.3) is 0 Å². The van der Waals surface area contributed by atoms with Gasteiger partial charge in [-0.05, 0) is 31.0 Å². The van der Waals surface area contributed by atoms with E-state index in [9.17, 15) is 14.0 Å². The maximum absolute atomic E-state index is 13.0. The van der Waals surface area contributed by atoms with Crippen LogP contribution in [0.1, 0.15) is 23.2 Å². The van der Waals surface area contributed by atoms with Gasteiger partial charge in [0, 0.05) is 24.8 Å². The van der Waals surface area contributed by atoms with Gasteiger partial charge in [0.1, 0.15) is 5.82 Å². The van der Waals surface area contributed by atoms with Crippen LogP contribution in [0.4, 0.5) is 10.1 Å². The van der Waals surface area contributed by atoms with Crippen LogP contribution in [0.3, 0.4) is 0 Å². The number of nitrogen functional groups attached to an aromatic ring is 1. The molecule has 1 aromatic carbocycles. The molecule has 0 radical (unpaired) electrons. The van der Waals surface area contributed by atoms with Gasteiger partial charge in [-0.1, -0.05) is 0 Å². The number of hydrogen-bond donors (Lipinski definition) is 3. The number of hydrogen-bond acceptors (Lipinski definition) is 4. The number of benzene rings is 1. The Morgan fingerprint density at radius 3 is 2.57 bits per heavy atom. The van der Waals surface area contributed by atoms with Gasteiger partial charge in [-0.25, -0.2) is 4.39 Å². The Labute approximate surface area is 122 Å². The van der Waals surface area contributed by atoms with Crippen LogP contribution in [-0.4, -0.2) is 42.4 Å². The van der Waals surface area contributed by atoms with Crippen molar-refractivity contribution in [2.45, 2.75) is 18.9 Å². The van der Waals surface area contributed by atoms with Crippen molar-refractivity contribution in [2.24, 2.45) is 5.73 Å². The molecule has 0 saturated carbocycles. The average molecular weight is 294 g/mol. The number of nitrogens with one attached hydrogen (secondary N) is 1. The van der Waals surface area contributed by atoms with Crippen molar-refractivity contribution in [1.82, 2.24) is 10.2 Å². The number of amides is 2. The van der Waals surface area contributed by atoms with Crippen LogP contribution in [0, 0.1) is 5.82 Å². The number of nitrogens with zero attached hydrogens (tertiary/aromatic N) is 1. The summed E-state index contributed by atoms with van der Waals surface area (Å²) in [6, 6.07) is 3.74. The van der Waals surface area contributed by atoms with Crippen molar-refractivity contribution >= 4 is 17.5 Å². The molecule has 1 aliphatic heterocycles. The van der Waals surface area contributed by atoms with Gasteiger partial charge in [-0.15, -0.1) is 0 Å². The lowest BCUT2D eigenvalue weighted by Crippen LogP contribution is -2.46. The Kier molecular flexibility index (Phi) is 4.74. The molecule has 0 aliphatic carbocycles. The highest BCUT2D eigenvalue weighted by Crippen LogP contribution is 2.15. The molecule has 0 unspecified atom stereocenters. The Morgan fingerprint density at radius 2 is 2.00 bits per heavy atom. The molecule has 1 heterocycles. The number of halogens is 1. The van der Waals surface area contributed by atoms with Gasteiger partial charge in [0.05, 0.1) is 12.1 Å². The minimum Gasteiger partial charge on any atom is -0.398 e. The normalized spacial score (nSPS) is 16.6. The zero-order chi connectivity index (χ0) is 15.4. The van der Waals surface area contributed by atoms with Gasteiger partial charge in [-0.3, -0.25) is 14.5 Å². The second-order valence-corrected chi connectivity index (χ2v) is 5.22. The molecule has 0 aromatic heterocycles. The van der Waals surface area contributed by atoms with Crippen molar-refractivity contribution in [3.05, 3.63) is 29.6 Å². The third-order valence-electron chi connectivity index (χ3n) is 3.56. The van der Waals surface area contributed by atoms with E-state index in [1.165, 1.54) is 12.1 Å². The minimum atomic E-state index is -0.469. The van der Waals surface area contributed by atoms with Gasteiger partial charge in [0.25, 0.3) is 5.91 Å². The Hall–Kier alpha value is -2.15. The third kappa shape index (κ3) is 4.16. The molecule has 1 aliphatic rings. The fourth-order valence-corrected chi connectivity index (χ4v) is 2.46. The van der Waals surface area contributed by atoms with Gasteiger partial charge in [0.15, 0.2) is 0 Å². The largest absolute Gasteiger partial charge is 0.398 e. The maximum Gasteiger partial charge on any atom is 0.253 e. The lowest BCUT2D eigenvalue weighted by Gasteiger charge is -2.31. The molecular weight excluding hydrogens is 275 g/mol. The van der Waals surface area contributed by atoms with Crippen molar-refractivity contribution < 1.29 is 14.0 Å². The van der Waals surface area contributed by atoms with E-state index >= 15 is 0 Å². The van der Waals surface area contributed by atoms with Crippen LogP contribution >= 0.6 is 0 Å². The van der Waals surface area contributed by atoms with Crippen LogP contribution in [0.5, 0.6) is 0 Å². The fraction of sp³-hybridized carbons (Fsp3) is 0.429. The highest BCUT2D eigenvalue weighted by molar-refractivity contribution is 5.99. The minimum absolute atomic E-state index is 0.0195. The summed E-state index contributed by atoms with van der Waals surface area (Å²) in [5, 5.41) is 2.89. The second kappa shape index (κ2) is 6.53. The van der Waals surface area contributed by atoms with Crippen molar-refractivity contribution in [2.75, 3.05) is 25.4 Å². The zero-order valence-electron chi connectivity index (χ0n) is 11.6. The van der Waals surface area contributed by atoms with Crippen LogP contribution < -0.4 is 16.8 Å². The van der Waals surface area contributed by atoms with E-state index in [2.05, 4.69) is 5.32 Å². The van der Waals surface area contributed by atoms with Gasteiger partial charge >= 0.3 is 0 Å². The Bertz CT molecular complexity index is 542. The van der Waals surface area contributed by atoms with E-state index in [1.807, 2.05) is 4.90 Å². The molecule has 6 nitrogen and oxygen atoms in total. The molecule has 5 N–H and O–H groups in total. The molecule has 21 heavy (non-hydrogen) atoms. The molecule has 1 fully saturated rings. The summed E-state index contributed by atoms with van der Waals surface area (Å²) in [5.41, 5.74) is 11.2. The molecule has 2 rings (SSSR count). The first kappa shape index (κ1) is 15.2. The predicted molar refractivity (Wildman–Crippen MR) is 76.9 cm³/mol. The molecule has 0 spiro atoms. The van der Waals surface area contributed by atoms with Crippen LogP contribution in [-0.2, 0) is 4.79 Å². The summed E-state index contributed by atoms with van der Waals surface area (Å²) in [7, 11) is 0. The standard InChI is InChI=1S/C14H19FN4O2/c15-9-1-2-11(12(16)7-9)14(21)18-10-3-5-19(6-4-10)8-13(17)20/h1-2,7,10H,3-6,8,16H2,(H2,17,20)(H,18,21). The van der Waals surface area contributed by atoms with Crippen molar-refractivity contribution in [3.8, 4) is 0 Å². The SMILES string of the molecule is NC(=O)CN1CCC(NC(=O)c2ccc(F)cc2N)CC1. The summed E-state index contributed by atoms with van der Waals surface area (Å²) in [6.07, 6.45) is 1.47. The molecule has 0 atom stereocenters. The number of carbonyl (C=O) groups excluding carboxylic acids is 2. The molecule has 1 aromatic rings. The monoisotopic (exact) mass is 294 g/mol. The highest BCUT2D eigenvalue weighted by Gasteiger charge is 2.22. The number of nitrogens with two attached hydrogens (primary N) is 2. The first-order valence-corrected chi connectivity index (χ1v) is 6.82. The summed E-state index contributed by atoms with van der Waals surface area (Å²) in [6.45, 7) is 1.64. The molecule has 1 saturated heterocycles. The Balaban J connectivity index is 1.88. The summed E-state index contributed by atoms with van der Waals surface area (Å²) in [5.74, 6) is -1.12. The van der Waals surface area contributed by atoms with Crippen molar-refractivity contribution in [3.63, 3.8) is 0 Å². The molecular formula is C14H19FN4O2. The smallest absolute Gasteiger partial charge is 0.253 e. The summed E-state index contributed by atoms with van der Waals surface area (Å²) >= 11 is 0. The number of rotatable bonds is 4. The third-order valence-corrected chi connectivity index (χ3v) is 3.56. The molecule has 2 amide bonds. The quantitative estimate of drug-likeness (QED) is 0.685. The van der Waals surface area contributed by atoms with E-state index in [0.717, 1.165) is 18.9 Å². The van der Waals surface area contributed by atoms with E-state index in [4.69, 9.17) is 11.5 Å².